The van der Waals surface area contributed by atoms with Crippen LogP contribution in [-0.4, -0.2) is 31.1 Å². The zero-order valence-corrected chi connectivity index (χ0v) is 15.2. The summed E-state index contributed by atoms with van der Waals surface area (Å²) in [4.78, 5) is 12.2. The molecule has 0 saturated heterocycles. The van der Waals surface area contributed by atoms with E-state index < -0.39 is 9.84 Å². The van der Waals surface area contributed by atoms with Crippen LogP contribution in [0, 0.1) is 0 Å². The zero-order chi connectivity index (χ0) is 16.7. The molecule has 1 aliphatic carbocycles. The first kappa shape index (κ1) is 18.3. The van der Waals surface area contributed by atoms with E-state index in [1.807, 2.05) is 0 Å². The number of benzene rings is 1. The Morgan fingerprint density at radius 2 is 2.04 bits per heavy atom. The predicted molar refractivity (Wildman–Crippen MR) is 96.7 cm³/mol. The third-order valence-corrected chi connectivity index (χ3v) is 7.37. The van der Waals surface area contributed by atoms with E-state index in [9.17, 15) is 13.2 Å². The molecule has 0 heterocycles. The first-order valence-corrected chi connectivity index (χ1v) is 11.0. The molecule has 1 amide bonds. The molecule has 4 nitrogen and oxygen atoms in total. The van der Waals surface area contributed by atoms with Gasteiger partial charge in [-0.1, -0.05) is 32.3 Å². The Morgan fingerprint density at radius 3 is 2.74 bits per heavy atom. The Kier molecular flexibility index (Phi) is 6.96. The van der Waals surface area contributed by atoms with Gasteiger partial charge in [-0.3, -0.25) is 4.79 Å². The van der Waals surface area contributed by atoms with E-state index in [1.54, 1.807) is 36.0 Å². The minimum absolute atomic E-state index is 0.0819. The molecular weight excluding hydrogens is 330 g/mol. The van der Waals surface area contributed by atoms with Gasteiger partial charge < -0.3 is 5.32 Å². The molecule has 1 fully saturated rings. The highest BCUT2D eigenvalue weighted by Gasteiger charge is 2.30. The molecule has 128 valence electrons. The molecule has 6 heteroatoms. The van der Waals surface area contributed by atoms with Crippen LogP contribution >= 0.6 is 11.8 Å². The first-order chi connectivity index (χ1) is 11.0. The van der Waals surface area contributed by atoms with Gasteiger partial charge in [0, 0.05) is 5.69 Å². The highest BCUT2D eigenvalue weighted by molar-refractivity contribution is 7.99. The summed E-state index contributed by atoms with van der Waals surface area (Å²) in [6, 6.07) is 6.64. The lowest BCUT2D eigenvalue weighted by Crippen LogP contribution is -2.19. The third-order valence-electron chi connectivity index (χ3n) is 4.06. The summed E-state index contributed by atoms with van der Waals surface area (Å²) in [7, 11) is -3.28. The van der Waals surface area contributed by atoms with Crippen LogP contribution in [0.25, 0.3) is 0 Å². The molecular formula is C17H25NO3S2. The summed E-state index contributed by atoms with van der Waals surface area (Å²) in [6.45, 7) is 2.12. The van der Waals surface area contributed by atoms with Crippen LogP contribution in [0.2, 0.25) is 0 Å². The van der Waals surface area contributed by atoms with Crippen molar-refractivity contribution in [1.29, 1.82) is 0 Å². The molecule has 0 aromatic heterocycles. The van der Waals surface area contributed by atoms with Gasteiger partial charge in [-0.25, -0.2) is 8.42 Å². The summed E-state index contributed by atoms with van der Waals surface area (Å²) in [5, 5.41) is 2.53. The summed E-state index contributed by atoms with van der Waals surface area (Å²) < 4.78 is 25.2. The van der Waals surface area contributed by atoms with Gasteiger partial charge in [0.2, 0.25) is 5.91 Å². The Morgan fingerprint density at radius 1 is 1.30 bits per heavy atom. The fourth-order valence-corrected chi connectivity index (χ4v) is 5.54. The maximum absolute atomic E-state index is 12.6. The fraction of sp³-hybridized carbons (Fsp3) is 0.588. The molecule has 1 aromatic carbocycles. The Hall–Kier alpha value is -1.01. The van der Waals surface area contributed by atoms with Crippen molar-refractivity contribution in [3.63, 3.8) is 0 Å². The number of unbranched alkanes of at least 4 members (excludes halogenated alkanes) is 1. The normalized spacial score (nSPS) is 15.7. The second-order valence-corrected chi connectivity index (χ2v) is 9.27. The van der Waals surface area contributed by atoms with Crippen LogP contribution in [0.15, 0.2) is 29.2 Å². The molecule has 0 radical (unpaired) electrons. The standard InChI is InChI=1S/C17H25NO3S2/c1-2-3-11-22-13-17(19)18-14-7-6-10-16(12-14)23(20,21)15-8-4-5-9-15/h6-7,10,12,15H,2-5,8-9,11,13H2,1H3,(H,18,19). The van der Waals surface area contributed by atoms with E-state index in [-0.39, 0.29) is 11.2 Å². The summed E-state index contributed by atoms with van der Waals surface area (Å²) in [6.07, 6.45) is 5.67. The molecule has 1 aromatic rings. The quantitative estimate of drug-likeness (QED) is 0.719. The Labute approximate surface area is 143 Å². The zero-order valence-electron chi connectivity index (χ0n) is 13.6. The van der Waals surface area contributed by atoms with E-state index in [1.165, 1.54) is 0 Å². The Balaban J connectivity index is 1.98. The molecule has 1 N–H and O–H groups in total. The van der Waals surface area contributed by atoms with E-state index in [4.69, 9.17) is 0 Å². The van der Waals surface area contributed by atoms with Crippen molar-refractivity contribution >= 4 is 33.2 Å². The number of thioether (sulfide) groups is 1. The SMILES string of the molecule is CCCCSCC(=O)Nc1cccc(S(=O)(=O)C2CCCC2)c1. The van der Waals surface area contributed by atoms with Gasteiger partial charge in [0.05, 0.1) is 15.9 Å². The van der Waals surface area contributed by atoms with Gasteiger partial charge in [0.25, 0.3) is 0 Å². The average Bonchev–Trinajstić information content (AvgIpc) is 3.07. The van der Waals surface area contributed by atoms with Crippen LogP contribution in [-0.2, 0) is 14.6 Å². The van der Waals surface area contributed by atoms with Crippen LogP contribution in [0.3, 0.4) is 0 Å². The number of rotatable bonds is 8. The smallest absolute Gasteiger partial charge is 0.234 e. The molecule has 1 saturated carbocycles. The number of hydrogen-bond acceptors (Lipinski definition) is 4. The highest BCUT2D eigenvalue weighted by atomic mass is 32.2. The van der Waals surface area contributed by atoms with Crippen molar-refractivity contribution in [2.45, 2.75) is 55.6 Å². The minimum Gasteiger partial charge on any atom is -0.325 e. The third kappa shape index (κ3) is 5.24. The number of nitrogens with one attached hydrogen (secondary N) is 1. The number of anilines is 1. The van der Waals surface area contributed by atoms with E-state index in [0.717, 1.165) is 44.3 Å². The lowest BCUT2D eigenvalue weighted by molar-refractivity contribution is -0.113. The van der Waals surface area contributed by atoms with E-state index >= 15 is 0 Å². The molecule has 0 unspecified atom stereocenters. The van der Waals surface area contributed by atoms with Crippen molar-refractivity contribution in [2.24, 2.45) is 0 Å². The monoisotopic (exact) mass is 355 g/mol. The van der Waals surface area contributed by atoms with E-state index in [2.05, 4.69) is 12.2 Å². The van der Waals surface area contributed by atoms with Crippen molar-refractivity contribution in [3.05, 3.63) is 24.3 Å². The Bertz CT molecular complexity index is 622. The average molecular weight is 356 g/mol. The number of sulfone groups is 1. The summed E-state index contributed by atoms with van der Waals surface area (Å²) in [5.41, 5.74) is 0.560. The van der Waals surface area contributed by atoms with Gasteiger partial charge in [0.15, 0.2) is 9.84 Å². The van der Waals surface area contributed by atoms with Crippen molar-refractivity contribution in [2.75, 3.05) is 16.8 Å². The van der Waals surface area contributed by atoms with Crippen LogP contribution in [0.5, 0.6) is 0 Å². The van der Waals surface area contributed by atoms with Crippen LogP contribution in [0.4, 0.5) is 5.69 Å². The maximum atomic E-state index is 12.6. The summed E-state index contributed by atoms with van der Waals surface area (Å²) >= 11 is 1.61. The highest BCUT2D eigenvalue weighted by Crippen LogP contribution is 2.30. The van der Waals surface area contributed by atoms with Crippen molar-refractivity contribution < 1.29 is 13.2 Å². The molecule has 0 aliphatic heterocycles. The predicted octanol–water partition coefficient (Wildman–Crippen LogP) is 3.87. The van der Waals surface area contributed by atoms with E-state index in [0.29, 0.717) is 16.3 Å². The summed E-state index contributed by atoms with van der Waals surface area (Å²) in [5.74, 6) is 1.29. The number of carbonyl (C=O) groups excluding carboxylic acids is 1. The lowest BCUT2D eigenvalue weighted by Gasteiger charge is -2.12. The van der Waals surface area contributed by atoms with Crippen molar-refractivity contribution in [1.82, 2.24) is 0 Å². The fourth-order valence-electron chi connectivity index (χ4n) is 2.75. The maximum Gasteiger partial charge on any atom is 0.234 e. The molecule has 23 heavy (non-hydrogen) atoms. The van der Waals surface area contributed by atoms with Crippen LogP contribution in [0.1, 0.15) is 45.4 Å². The van der Waals surface area contributed by atoms with Crippen molar-refractivity contribution in [3.8, 4) is 0 Å². The molecule has 0 bridgehead atoms. The van der Waals surface area contributed by atoms with Gasteiger partial charge in [-0.15, -0.1) is 0 Å². The van der Waals surface area contributed by atoms with Gasteiger partial charge in [-0.2, -0.15) is 11.8 Å². The second-order valence-electron chi connectivity index (χ2n) is 5.93. The topological polar surface area (TPSA) is 63.2 Å². The lowest BCUT2D eigenvalue weighted by atomic mass is 10.3. The second kappa shape index (κ2) is 8.73. The number of hydrogen-bond donors (Lipinski definition) is 1. The molecule has 0 spiro atoms. The molecule has 1 aliphatic rings. The van der Waals surface area contributed by atoms with Gasteiger partial charge >= 0.3 is 0 Å². The minimum atomic E-state index is -3.28. The first-order valence-electron chi connectivity index (χ1n) is 8.25. The molecule has 0 atom stereocenters. The number of carbonyl (C=O) groups is 1. The van der Waals surface area contributed by atoms with Gasteiger partial charge in [-0.05, 0) is 43.2 Å². The van der Waals surface area contributed by atoms with Crippen LogP contribution < -0.4 is 5.32 Å². The number of amides is 1. The molecule has 2 rings (SSSR count). The largest absolute Gasteiger partial charge is 0.325 e. The van der Waals surface area contributed by atoms with Gasteiger partial charge in [0.1, 0.15) is 0 Å².